The summed E-state index contributed by atoms with van der Waals surface area (Å²) in [5.74, 6) is 0.435. The summed E-state index contributed by atoms with van der Waals surface area (Å²) < 4.78 is 0. The Bertz CT molecular complexity index is 294. The molecule has 0 saturated heterocycles. The number of amides is 1. The Labute approximate surface area is 119 Å². The molecule has 0 aromatic heterocycles. The van der Waals surface area contributed by atoms with Crippen LogP contribution in [0.1, 0.15) is 58.3 Å². The molecule has 19 heavy (non-hydrogen) atoms. The zero-order valence-electron chi connectivity index (χ0n) is 11.7. The molecule has 0 aromatic rings. The summed E-state index contributed by atoms with van der Waals surface area (Å²) >= 11 is 1.99. The van der Waals surface area contributed by atoms with Crippen LogP contribution in [0.3, 0.4) is 0 Å². The molecular weight excluding hydrogens is 262 g/mol. The first-order valence-corrected chi connectivity index (χ1v) is 8.29. The molecule has 1 rings (SSSR count). The minimum absolute atomic E-state index is 0.0811. The Morgan fingerprint density at radius 3 is 2.68 bits per heavy atom. The van der Waals surface area contributed by atoms with Gasteiger partial charge in [0.2, 0.25) is 5.91 Å². The summed E-state index contributed by atoms with van der Waals surface area (Å²) in [6.45, 7) is 2.18. The maximum atomic E-state index is 11.8. The maximum absolute atomic E-state index is 11.8. The smallest absolute Gasteiger partial charge is 0.303 e. The summed E-state index contributed by atoms with van der Waals surface area (Å²) in [6.07, 6.45) is 6.49. The van der Waals surface area contributed by atoms with Gasteiger partial charge in [0, 0.05) is 24.1 Å². The van der Waals surface area contributed by atoms with Gasteiger partial charge in [0.15, 0.2) is 0 Å². The number of carbonyl (C=O) groups excluding carboxylic acids is 1. The number of hydrogen-bond acceptors (Lipinski definition) is 3. The number of carbonyl (C=O) groups is 2. The van der Waals surface area contributed by atoms with Crippen LogP contribution in [-0.2, 0) is 9.59 Å². The predicted octanol–water partition coefficient (Wildman–Crippen LogP) is 2.81. The number of carboxylic acids is 1. The number of nitrogens with one attached hydrogen (secondary N) is 1. The van der Waals surface area contributed by atoms with Crippen molar-refractivity contribution in [2.75, 3.05) is 5.75 Å². The fourth-order valence-corrected chi connectivity index (χ4v) is 3.70. The number of carboxylic acid groups (broad SMARTS) is 1. The lowest BCUT2D eigenvalue weighted by atomic mass is 9.95. The molecule has 0 heterocycles. The highest BCUT2D eigenvalue weighted by atomic mass is 32.2. The highest BCUT2D eigenvalue weighted by Gasteiger charge is 2.22. The van der Waals surface area contributed by atoms with Crippen LogP contribution in [0.2, 0.25) is 0 Å². The molecule has 2 N–H and O–H groups in total. The second-order valence-corrected chi connectivity index (χ2v) is 6.69. The van der Waals surface area contributed by atoms with Gasteiger partial charge in [0.25, 0.3) is 0 Å². The number of hydrogen-bond donors (Lipinski definition) is 2. The lowest BCUT2D eigenvalue weighted by Crippen LogP contribution is -2.39. The van der Waals surface area contributed by atoms with Gasteiger partial charge in [-0.3, -0.25) is 9.59 Å². The van der Waals surface area contributed by atoms with Crippen molar-refractivity contribution < 1.29 is 14.7 Å². The monoisotopic (exact) mass is 287 g/mol. The fourth-order valence-electron chi connectivity index (χ4n) is 2.52. The second-order valence-electron chi connectivity index (χ2n) is 5.11. The van der Waals surface area contributed by atoms with Crippen LogP contribution in [0.4, 0.5) is 0 Å². The van der Waals surface area contributed by atoms with Gasteiger partial charge in [-0.2, -0.15) is 11.8 Å². The average Bonchev–Trinajstić information content (AvgIpc) is 2.35. The van der Waals surface area contributed by atoms with Gasteiger partial charge in [0.1, 0.15) is 0 Å². The van der Waals surface area contributed by atoms with Crippen LogP contribution in [0, 0.1) is 0 Å². The molecule has 1 fully saturated rings. The molecular formula is C14H25NO3S. The van der Waals surface area contributed by atoms with Gasteiger partial charge in [-0.25, -0.2) is 0 Å². The molecule has 0 aliphatic heterocycles. The topological polar surface area (TPSA) is 66.4 Å². The number of aliphatic carboxylic acids is 1. The maximum Gasteiger partial charge on any atom is 0.303 e. The quantitative estimate of drug-likeness (QED) is 0.674. The summed E-state index contributed by atoms with van der Waals surface area (Å²) in [5, 5.41) is 12.3. The van der Waals surface area contributed by atoms with Gasteiger partial charge in [-0.15, -0.1) is 0 Å². The van der Waals surface area contributed by atoms with Crippen molar-refractivity contribution in [3.63, 3.8) is 0 Å². The highest BCUT2D eigenvalue weighted by Crippen LogP contribution is 2.28. The van der Waals surface area contributed by atoms with E-state index in [9.17, 15) is 9.59 Å². The molecule has 0 radical (unpaired) electrons. The third kappa shape index (κ3) is 7.45. The first kappa shape index (κ1) is 16.3. The van der Waals surface area contributed by atoms with Gasteiger partial charge in [-0.05, 0) is 37.9 Å². The van der Waals surface area contributed by atoms with Crippen molar-refractivity contribution >= 4 is 23.6 Å². The zero-order chi connectivity index (χ0) is 14.1. The van der Waals surface area contributed by atoms with E-state index in [-0.39, 0.29) is 12.3 Å². The van der Waals surface area contributed by atoms with E-state index in [2.05, 4.69) is 12.2 Å². The van der Waals surface area contributed by atoms with Gasteiger partial charge in [-0.1, -0.05) is 13.3 Å². The van der Waals surface area contributed by atoms with Crippen molar-refractivity contribution in [2.45, 2.75) is 69.6 Å². The van der Waals surface area contributed by atoms with Gasteiger partial charge >= 0.3 is 5.97 Å². The standard InChI is InChI=1S/C14H25NO3S/c1-2-19-12-7-5-6-11(10-12)15-13(16)8-3-4-9-14(17)18/h11-12H,2-10H2,1H3,(H,15,16)(H,17,18). The molecule has 5 heteroatoms. The number of rotatable bonds is 8. The molecule has 4 nitrogen and oxygen atoms in total. The molecule has 0 aromatic carbocycles. The minimum atomic E-state index is -0.785. The van der Waals surface area contributed by atoms with Gasteiger partial charge in [0.05, 0.1) is 0 Å². The van der Waals surface area contributed by atoms with Crippen molar-refractivity contribution in [1.82, 2.24) is 5.32 Å². The van der Waals surface area contributed by atoms with E-state index < -0.39 is 5.97 Å². The second kappa shape index (κ2) is 9.23. The average molecular weight is 287 g/mol. The van der Waals surface area contributed by atoms with Crippen LogP contribution >= 0.6 is 11.8 Å². The molecule has 0 bridgehead atoms. The Kier molecular flexibility index (Phi) is 7.94. The largest absolute Gasteiger partial charge is 0.481 e. The van der Waals surface area contributed by atoms with Crippen LogP contribution in [0.15, 0.2) is 0 Å². The normalized spacial score (nSPS) is 23.0. The molecule has 2 atom stereocenters. The highest BCUT2D eigenvalue weighted by molar-refractivity contribution is 7.99. The van der Waals surface area contributed by atoms with E-state index in [1.807, 2.05) is 11.8 Å². The molecule has 0 spiro atoms. The van der Waals surface area contributed by atoms with Crippen molar-refractivity contribution in [2.24, 2.45) is 0 Å². The predicted molar refractivity (Wildman–Crippen MR) is 78.4 cm³/mol. The number of thioether (sulfide) groups is 1. The Morgan fingerprint density at radius 2 is 2.00 bits per heavy atom. The van der Waals surface area contributed by atoms with E-state index >= 15 is 0 Å². The summed E-state index contributed by atoms with van der Waals surface area (Å²) in [6, 6.07) is 0.324. The van der Waals surface area contributed by atoms with Crippen molar-refractivity contribution in [3.8, 4) is 0 Å². The van der Waals surface area contributed by atoms with Crippen LogP contribution < -0.4 is 5.32 Å². The first-order valence-electron chi connectivity index (χ1n) is 7.24. The van der Waals surface area contributed by atoms with Gasteiger partial charge < -0.3 is 10.4 Å². The summed E-state index contributed by atoms with van der Waals surface area (Å²) in [5.41, 5.74) is 0. The molecule has 110 valence electrons. The lowest BCUT2D eigenvalue weighted by Gasteiger charge is -2.29. The third-order valence-corrected chi connectivity index (χ3v) is 4.67. The van der Waals surface area contributed by atoms with Crippen molar-refractivity contribution in [3.05, 3.63) is 0 Å². The van der Waals surface area contributed by atoms with E-state index in [1.165, 1.54) is 12.8 Å². The summed E-state index contributed by atoms with van der Waals surface area (Å²) in [7, 11) is 0. The molecule has 1 saturated carbocycles. The van der Waals surface area contributed by atoms with E-state index in [4.69, 9.17) is 5.11 Å². The molecule has 1 aliphatic rings. The summed E-state index contributed by atoms with van der Waals surface area (Å²) in [4.78, 5) is 22.1. The van der Waals surface area contributed by atoms with E-state index in [1.54, 1.807) is 0 Å². The fraction of sp³-hybridized carbons (Fsp3) is 0.857. The molecule has 1 aliphatic carbocycles. The van der Waals surface area contributed by atoms with E-state index in [0.29, 0.717) is 30.6 Å². The van der Waals surface area contributed by atoms with Crippen LogP contribution in [0.5, 0.6) is 0 Å². The lowest BCUT2D eigenvalue weighted by molar-refractivity contribution is -0.137. The van der Waals surface area contributed by atoms with E-state index in [0.717, 1.165) is 18.6 Å². The Hall–Kier alpha value is -0.710. The zero-order valence-corrected chi connectivity index (χ0v) is 12.5. The minimum Gasteiger partial charge on any atom is -0.481 e. The number of unbranched alkanes of at least 4 members (excludes halogenated alkanes) is 1. The molecule has 1 amide bonds. The van der Waals surface area contributed by atoms with Crippen molar-refractivity contribution in [1.29, 1.82) is 0 Å². The molecule has 2 unspecified atom stereocenters. The Balaban J connectivity index is 2.15. The SMILES string of the molecule is CCSC1CCCC(NC(=O)CCCCC(=O)O)C1. The Morgan fingerprint density at radius 1 is 1.26 bits per heavy atom. The third-order valence-electron chi connectivity index (χ3n) is 3.44. The van der Waals surface area contributed by atoms with Crippen LogP contribution in [0.25, 0.3) is 0 Å². The van der Waals surface area contributed by atoms with Crippen LogP contribution in [-0.4, -0.2) is 34.0 Å². The first-order chi connectivity index (χ1) is 9.11.